The fourth-order valence-corrected chi connectivity index (χ4v) is 2.81. The zero-order valence-corrected chi connectivity index (χ0v) is 13.7. The van der Waals surface area contributed by atoms with E-state index in [2.05, 4.69) is 38.9 Å². The quantitative estimate of drug-likeness (QED) is 0.798. The summed E-state index contributed by atoms with van der Waals surface area (Å²) < 4.78 is 8.52. The minimum Gasteiger partial charge on any atom is -0.381 e. The van der Waals surface area contributed by atoms with Crippen LogP contribution in [0.3, 0.4) is 0 Å². The average molecular weight is 341 g/mol. The standard InChI is InChI=1S/C14H21BrN4O/c1-11-14(15)12(2)19(17-11)10-18(6-3-5-16)8-13-4-7-20-9-13/h13H,3-4,6-10H2,1-2H3. The molecule has 1 atom stereocenters. The van der Waals surface area contributed by atoms with Crippen molar-refractivity contribution in [3.8, 4) is 6.07 Å². The van der Waals surface area contributed by atoms with Gasteiger partial charge in [0.1, 0.15) is 0 Å². The van der Waals surface area contributed by atoms with E-state index < -0.39 is 0 Å². The minimum atomic E-state index is 0.550. The summed E-state index contributed by atoms with van der Waals surface area (Å²) in [4.78, 5) is 2.30. The molecule has 1 unspecified atom stereocenters. The molecule has 1 aliphatic heterocycles. The number of rotatable bonds is 6. The largest absolute Gasteiger partial charge is 0.381 e. The average Bonchev–Trinajstić information content (AvgIpc) is 3.01. The van der Waals surface area contributed by atoms with E-state index in [4.69, 9.17) is 10.00 Å². The predicted octanol–water partition coefficient (Wildman–Crippen LogP) is 2.47. The van der Waals surface area contributed by atoms with Crippen LogP contribution in [0.25, 0.3) is 0 Å². The van der Waals surface area contributed by atoms with Gasteiger partial charge in [-0.05, 0) is 42.1 Å². The Morgan fingerprint density at radius 2 is 2.35 bits per heavy atom. The first kappa shape index (κ1) is 15.5. The zero-order valence-electron chi connectivity index (χ0n) is 12.1. The molecule has 5 nitrogen and oxygen atoms in total. The molecule has 1 fully saturated rings. The van der Waals surface area contributed by atoms with E-state index in [9.17, 15) is 0 Å². The fourth-order valence-electron chi connectivity index (χ4n) is 2.52. The fraction of sp³-hybridized carbons (Fsp3) is 0.714. The Morgan fingerprint density at radius 3 is 2.90 bits per heavy atom. The Morgan fingerprint density at radius 1 is 1.55 bits per heavy atom. The molecule has 0 radical (unpaired) electrons. The Balaban J connectivity index is 2.02. The summed E-state index contributed by atoms with van der Waals surface area (Å²) in [7, 11) is 0. The van der Waals surface area contributed by atoms with E-state index in [0.717, 1.165) is 55.3 Å². The highest BCUT2D eigenvalue weighted by molar-refractivity contribution is 9.10. The molecule has 0 N–H and O–H groups in total. The van der Waals surface area contributed by atoms with Crippen molar-refractivity contribution >= 4 is 15.9 Å². The second-order valence-corrected chi connectivity index (χ2v) is 6.13. The van der Waals surface area contributed by atoms with Gasteiger partial charge in [0.15, 0.2) is 0 Å². The first-order valence-corrected chi connectivity index (χ1v) is 7.77. The van der Waals surface area contributed by atoms with Crippen LogP contribution in [0.15, 0.2) is 4.47 Å². The maximum Gasteiger partial charge on any atom is 0.0932 e. The molecule has 0 amide bonds. The molecule has 6 heteroatoms. The lowest BCUT2D eigenvalue weighted by Crippen LogP contribution is -2.33. The molecule has 2 heterocycles. The zero-order chi connectivity index (χ0) is 14.5. The molecule has 0 aromatic carbocycles. The number of hydrogen-bond donors (Lipinski definition) is 0. The van der Waals surface area contributed by atoms with Crippen LogP contribution < -0.4 is 0 Å². The van der Waals surface area contributed by atoms with Crippen molar-refractivity contribution in [3.63, 3.8) is 0 Å². The molecular weight excluding hydrogens is 320 g/mol. The molecule has 1 aromatic rings. The molecule has 0 saturated carbocycles. The summed E-state index contributed by atoms with van der Waals surface area (Å²) in [6.07, 6.45) is 1.66. The molecule has 1 saturated heterocycles. The monoisotopic (exact) mass is 340 g/mol. The van der Waals surface area contributed by atoms with E-state index in [1.807, 2.05) is 11.6 Å². The lowest BCUT2D eigenvalue weighted by Gasteiger charge is -2.24. The van der Waals surface area contributed by atoms with Crippen LogP contribution in [-0.2, 0) is 11.4 Å². The first-order valence-electron chi connectivity index (χ1n) is 6.98. The van der Waals surface area contributed by atoms with Crippen LogP contribution in [0.1, 0.15) is 24.2 Å². The summed E-state index contributed by atoms with van der Waals surface area (Å²) in [5.74, 6) is 0.578. The highest BCUT2D eigenvalue weighted by Gasteiger charge is 2.20. The molecule has 0 bridgehead atoms. The number of hydrogen-bond acceptors (Lipinski definition) is 4. The number of aryl methyl sites for hydroxylation is 1. The van der Waals surface area contributed by atoms with Gasteiger partial charge in [0, 0.05) is 26.1 Å². The van der Waals surface area contributed by atoms with Crippen molar-refractivity contribution in [1.82, 2.24) is 14.7 Å². The van der Waals surface area contributed by atoms with Crippen LogP contribution in [0.2, 0.25) is 0 Å². The number of halogens is 1. The lowest BCUT2D eigenvalue weighted by atomic mass is 10.1. The van der Waals surface area contributed by atoms with Crippen molar-refractivity contribution < 1.29 is 4.74 Å². The van der Waals surface area contributed by atoms with Crippen LogP contribution in [-0.4, -0.2) is 41.0 Å². The van der Waals surface area contributed by atoms with Crippen LogP contribution in [0.4, 0.5) is 0 Å². The molecule has 1 aromatic heterocycles. The van der Waals surface area contributed by atoms with Gasteiger partial charge in [0.05, 0.1) is 35.2 Å². The third kappa shape index (κ3) is 3.81. The van der Waals surface area contributed by atoms with Crippen LogP contribution in [0, 0.1) is 31.1 Å². The second kappa shape index (κ2) is 7.21. The Hall–Kier alpha value is -0.900. The summed E-state index contributed by atoms with van der Waals surface area (Å²) >= 11 is 3.56. The SMILES string of the molecule is Cc1nn(CN(CCC#N)CC2CCOC2)c(C)c1Br. The maximum atomic E-state index is 8.81. The van der Waals surface area contributed by atoms with Crippen molar-refractivity contribution in [2.75, 3.05) is 26.3 Å². The minimum absolute atomic E-state index is 0.550. The van der Waals surface area contributed by atoms with Crippen LogP contribution in [0.5, 0.6) is 0 Å². The van der Waals surface area contributed by atoms with Crippen molar-refractivity contribution in [1.29, 1.82) is 5.26 Å². The smallest absolute Gasteiger partial charge is 0.0932 e. The van der Waals surface area contributed by atoms with Crippen molar-refractivity contribution in [2.45, 2.75) is 33.4 Å². The van der Waals surface area contributed by atoms with Gasteiger partial charge in [0.2, 0.25) is 0 Å². The van der Waals surface area contributed by atoms with Gasteiger partial charge < -0.3 is 4.74 Å². The second-order valence-electron chi connectivity index (χ2n) is 5.34. The van der Waals surface area contributed by atoms with Gasteiger partial charge in [-0.3, -0.25) is 9.58 Å². The number of nitriles is 1. The first-order chi connectivity index (χ1) is 9.61. The molecule has 1 aliphatic rings. The highest BCUT2D eigenvalue weighted by Crippen LogP contribution is 2.21. The Kier molecular flexibility index (Phi) is 5.58. The van der Waals surface area contributed by atoms with E-state index in [0.29, 0.717) is 12.3 Å². The summed E-state index contributed by atoms with van der Waals surface area (Å²) in [6.45, 7) is 8.24. The molecule has 0 aliphatic carbocycles. The molecule has 0 spiro atoms. The normalized spacial score (nSPS) is 18.6. The topological polar surface area (TPSA) is 54.1 Å². The summed E-state index contributed by atoms with van der Waals surface area (Å²) in [6, 6.07) is 2.23. The Labute approximate surface area is 128 Å². The third-order valence-corrected chi connectivity index (χ3v) is 4.85. The van der Waals surface area contributed by atoms with Gasteiger partial charge in [-0.2, -0.15) is 10.4 Å². The van der Waals surface area contributed by atoms with E-state index in [-0.39, 0.29) is 0 Å². The van der Waals surface area contributed by atoms with E-state index >= 15 is 0 Å². The van der Waals surface area contributed by atoms with E-state index in [1.54, 1.807) is 0 Å². The van der Waals surface area contributed by atoms with Crippen LogP contribution >= 0.6 is 15.9 Å². The number of ether oxygens (including phenoxy) is 1. The van der Waals surface area contributed by atoms with E-state index in [1.165, 1.54) is 0 Å². The molecular formula is C14H21BrN4O. The lowest BCUT2D eigenvalue weighted by molar-refractivity contribution is 0.148. The maximum absolute atomic E-state index is 8.81. The van der Waals surface area contributed by atoms with Gasteiger partial charge in [-0.25, -0.2) is 0 Å². The van der Waals surface area contributed by atoms with Gasteiger partial charge in [-0.1, -0.05) is 0 Å². The molecule has 110 valence electrons. The summed E-state index contributed by atoms with van der Waals surface area (Å²) in [5.41, 5.74) is 2.14. The van der Waals surface area contributed by atoms with Crippen molar-refractivity contribution in [2.24, 2.45) is 5.92 Å². The highest BCUT2D eigenvalue weighted by atomic mass is 79.9. The molecule has 2 rings (SSSR count). The van der Waals surface area contributed by atoms with Gasteiger partial charge in [-0.15, -0.1) is 0 Å². The number of aromatic nitrogens is 2. The van der Waals surface area contributed by atoms with Gasteiger partial charge >= 0.3 is 0 Å². The van der Waals surface area contributed by atoms with Crippen molar-refractivity contribution in [3.05, 3.63) is 15.9 Å². The third-order valence-electron chi connectivity index (χ3n) is 3.71. The Bertz CT molecular complexity index is 488. The predicted molar refractivity (Wildman–Crippen MR) is 80.1 cm³/mol. The summed E-state index contributed by atoms with van der Waals surface area (Å²) in [5, 5.41) is 13.4. The molecule has 20 heavy (non-hydrogen) atoms. The van der Waals surface area contributed by atoms with Gasteiger partial charge in [0.25, 0.3) is 0 Å². The number of nitrogens with zero attached hydrogens (tertiary/aromatic N) is 4.